The third kappa shape index (κ3) is 4.99. The van der Waals surface area contributed by atoms with E-state index in [-0.39, 0.29) is 17.6 Å². The molecule has 0 spiro atoms. The maximum absolute atomic E-state index is 12.8. The van der Waals surface area contributed by atoms with Gasteiger partial charge in [-0.05, 0) is 43.4 Å². The van der Waals surface area contributed by atoms with Crippen LogP contribution in [0.4, 0.5) is 11.4 Å². The largest absolute Gasteiger partial charge is 0.370 e. The molecule has 0 unspecified atom stereocenters. The van der Waals surface area contributed by atoms with E-state index in [1.165, 1.54) is 0 Å². The topological polar surface area (TPSA) is 102 Å². The highest BCUT2D eigenvalue weighted by molar-refractivity contribution is 7.86. The van der Waals surface area contributed by atoms with E-state index in [0.29, 0.717) is 32.1 Å². The number of carbonyl (C=O) groups excluding carboxylic acids is 1. The number of nitrogens with one attached hydrogen (secondary N) is 2. The number of amides is 1. The first-order chi connectivity index (χ1) is 16.2. The fourth-order valence-electron chi connectivity index (χ4n) is 4.83. The van der Waals surface area contributed by atoms with E-state index in [2.05, 4.69) is 33.2 Å². The highest BCUT2D eigenvalue weighted by Gasteiger charge is 2.37. The standard InChI is InChI=1S/C24H36N6O3S/c1-5-29-15-20(16-30(6-2)34(29,32)33)19-7-8-21(27-24(31)23-25-14-18(4)26-23)22(13-19)28-11-9-17(3)10-12-28/h7-8,13-14,17,20H,5-6,9-12,15-16H2,1-4H3,(H,25,26)(H,27,31). The second-order valence-corrected chi connectivity index (χ2v) is 11.3. The molecule has 4 rings (SSSR count). The third-order valence-corrected chi connectivity index (χ3v) is 9.11. The summed E-state index contributed by atoms with van der Waals surface area (Å²) >= 11 is 0. The Balaban J connectivity index is 1.65. The summed E-state index contributed by atoms with van der Waals surface area (Å²) in [5.74, 6) is 0.756. The number of aryl methyl sites for hydroxylation is 1. The lowest BCUT2D eigenvalue weighted by atomic mass is 9.95. The Labute approximate surface area is 202 Å². The average molecular weight is 489 g/mol. The van der Waals surface area contributed by atoms with Crippen molar-refractivity contribution < 1.29 is 13.2 Å². The molecule has 2 saturated heterocycles. The minimum atomic E-state index is -3.41. The zero-order chi connectivity index (χ0) is 24.5. The number of aromatic nitrogens is 2. The maximum atomic E-state index is 12.8. The second kappa shape index (κ2) is 10.1. The van der Waals surface area contributed by atoms with E-state index in [0.717, 1.165) is 48.6 Å². The van der Waals surface area contributed by atoms with Gasteiger partial charge in [0, 0.05) is 57.1 Å². The van der Waals surface area contributed by atoms with E-state index < -0.39 is 10.2 Å². The Bertz CT molecular complexity index is 1100. The first-order valence-corrected chi connectivity index (χ1v) is 13.6. The van der Waals surface area contributed by atoms with Crippen molar-refractivity contribution in [1.29, 1.82) is 0 Å². The predicted octanol–water partition coefficient (Wildman–Crippen LogP) is 3.19. The highest BCUT2D eigenvalue weighted by Crippen LogP contribution is 2.35. The molecule has 2 aromatic rings. The van der Waals surface area contributed by atoms with Gasteiger partial charge in [-0.3, -0.25) is 4.79 Å². The third-order valence-electron chi connectivity index (χ3n) is 6.99. The van der Waals surface area contributed by atoms with Crippen molar-refractivity contribution >= 4 is 27.5 Å². The minimum absolute atomic E-state index is 0.0587. The molecule has 0 atom stereocenters. The van der Waals surface area contributed by atoms with Crippen LogP contribution in [-0.4, -0.2) is 72.2 Å². The van der Waals surface area contributed by atoms with Crippen LogP contribution in [0.1, 0.15) is 61.4 Å². The van der Waals surface area contributed by atoms with E-state index in [4.69, 9.17) is 0 Å². The second-order valence-electron chi connectivity index (χ2n) is 9.42. The quantitative estimate of drug-likeness (QED) is 0.650. The van der Waals surface area contributed by atoms with Crippen LogP contribution in [0.25, 0.3) is 0 Å². The Morgan fingerprint density at radius 3 is 2.35 bits per heavy atom. The number of carbonyl (C=O) groups is 1. The van der Waals surface area contributed by atoms with Crippen molar-refractivity contribution in [1.82, 2.24) is 18.6 Å². The first-order valence-electron chi connectivity index (χ1n) is 12.2. The van der Waals surface area contributed by atoms with Crippen LogP contribution in [-0.2, 0) is 10.2 Å². The number of imidazole rings is 1. The molecule has 2 N–H and O–H groups in total. The molecule has 0 bridgehead atoms. The number of piperidine rings is 1. The molecule has 10 heteroatoms. The molecule has 0 saturated carbocycles. The molecule has 0 radical (unpaired) electrons. The normalized spacial score (nSPS) is 20.5. The number of hydrogen-bond donors (Lipinski definition) is 2. The van der Waals surface area contributed by atoms with Crippen molar-refractivity contribution in [2.24, 2.45) is 5.92 Å². The zero-order valence-electron chi connectivity index (χ0n) is 20.5. The van der Waals surface area contributed by atoms with E-state index in [9.17, 15) is 13.2 Å². The fraction of sp³-hybridized carbons (Fsp3) is 0.583. The van der Waals surface area contributed by atoms with E-state index in [1.54, 1.807) is 14.8 Å². The van der Waals surface area contributed by atoms with Crippen LogP contribution >= 0.6 is 0 Å². The maximum Gasteiger partial charge on any atom is 0.291 e. The van der Waals surface area contributed by atoms with Gasteiger partial charge in [-0.25, -0.2) is 4.98 Å². The van der Waals surface area contributed by atoms with Crippen molar-refractivity contribution in [3.8, 4) is 0 Å². The van der Waals surface area contributed by atoms with Gasteiger partial charge < -0.3 is 15.2 Å². The average Bonchev–Trinajstić information content (AvgIpc) is 3.26. The fourth-order valence-corrected chi connectivity index (χ4v) is 6.54. The molecule has 9 nitrogen and oxygen atoms in total. The van der Waals surface area contributed by atoms with Gasteiger partial charge in [-0.1, -0.05) is 26.8 Å². The summed E-state index contributed by atoms with van der Waals surface area (Å²) in [5.41, 5.74) is 3.66. The first kappa shape index (κ1) is 24.7. The summed E-state index contributed by atoms with van der Waals surface area (Å²) in [6.45, 7) is 11.6. The van der Waals surface area contributed by atoms with Gasteiger partial charge in [0.1, 0.15) is 0 Å². The van der Waals surface area contributed by atoms with Crippen molar-refractivity contribution in [3.63, 3.8) is 0 Å². The molecular formula is C24H36N6O3S. The van der Waals surface area contributed by atoms with Gasteiger partial charge in [0.15, 0.2) is 5.82 Å². The Morgan fingerprint density at radius 1 is 1.15 bits per heavy atom. The van der Waals surface area contributed by atoms with Gasteiger partial charge >= 0.3 is 0 Å². The van der Waals surface area contributed by atoms with Crippen molar-refractivity contribution in [2.75, 3.05) is 49.5 Å². The van der Waals surface area contributed by atoms with Crippen LogP contribution in [0.5, 0.6) is 0 Å². The molecule has 186 valence electrons. The Morgan fingerprint density at radius 2 is 1.79 bits per heavy atom. The molecule has 3 heterocycles. The zero-order valence-corrected chi connectivity index (χ0v) is 21.4. The van der Waals surface area contributed by atoms with Crippen molar-refractivity contribution in [2.45, 2.75) is 46.5 Å². The van der Waals surface area contributed by atoms with E-state index in [1.807, 2.05) is 32.9 Å². The molecule has 1 aromatic heterocycles. The van der Waals surface area contributed by atoms with Crippen LogP contribution < -0.4 is 10.2 Å². The number of rotatable bonds is 6. The molecule has 34 heavy (non-hydrogen) atoms. The SMILES string of the molecule is CCN1CC(c2ccc(NC(=O)c3ncc(C)[nH]3)c(N3CCC(C)CC3)c2)CN(CC)S1(=O)=O. The molecule has 2 aliphatic rings. The highest BCUT2D eigenvalue weighted by atomic mass is 32.2. The summed E-state index contributed by atoms with van der Waals surface area (Å²) in [7, 11) is -3.41. The number of anilines is 2. The number of H-pyrrole nitrogens is 1. The smallest absolute Gasteiger partial charge is 0.291 e. The molecule has 0 aliphatic carbocycles. The molecule has 2 fully saturated rings. The van der Waals surface area contributed by atoms with Crippen LogP contribution in [0.15, 0.2) is 24.4 Å². The van der Waals surface area contributed by atoms with Gasteiger partial charge in [0.25, 0.3) is 16.1 Å². The summed E-state index contributed by atoms with van der Waals surface area (Å²) in [6, 6.07) is 6.11. The molecule has 2 aliphatic heterocycles. The number of hydrogen-bond acceptors (Lipinski definition) is 5. The summed E-state index contributed by atoms with van der Waals surface area (Å²) < 4.78 is 28.7. The van der Waals surface area contributed by atoms with Crippen LogP contribution in [0.3, 0.4) is 0 Å². The Kier molecular flexibility index (Phi) is 7.30. The van der Waals surface area contributed by atoms with Crippen LogP contribution in [0.2, 0.25) is 0 Å². The monoisotopic (exact) mass is 488 g/mol. The lowest BCUT2D eigenvalue weighted by Gasteiger charge is -2.39. The van der Waals surface area contributed by atoms with Gasteiger partial charge in [0.2, 0.25) is 0 Å². The number of nitrogens with zero attached hydrogens (tertiary/aromatic N) is 4. The lowest BCUT2D eigenvalue weighted by molar-refractivity contribution is 0.101. The van der Waals surface area contributed by atoms with Gasteiger partial charge in [-0.2, -0.15) is 17.0 Å². The molecule has 1 amide bonds. The minimum Gasteiger partial charge on any atom is -0.370 e. The predicted molar refractivity (Wildman–Crippen MR) is 134 cm³/mol. The van der Waals surface area contributed by atoms with Gasteiger partial charge in [0.05, 0.1) is 11.4 Å². The lowest BCUT2D eigenvalue weighted by Crippen LogP contribution is -2.52. The summed E-state index contributed by atoms with van der Waals surface area (Å²) in [5, 5.41) is 3.04. The Hall–Kier alpha value is -2.43. The van der Waals surface area contributed by atoms with Crippen LogP contribution in [0, 0.1) is 12.8 Å². The van der Waals surface area contributed by atoms with Crippen molar-refractivity contribution in [3.05, 3.63) is 41.5 Å². The molecular weight excluding hydrogens is 452 g/mol. The van der Waals surface area contributed by atoms with E-state index >= 15 is 0 Å². The number of likely N-dealkylation sites (N-methyl/N-ethyl adjacent to an activating group) is 2. The number of aromatic amines is 1. The number of benzene rings is 1. The molecule has 1 aromatic carbocycles. The van der Waals surface area contributed by atoms with Gasteiger partial charge in [-0.15, -0.1) is 0 Å². The summed E-state index contributed by atoms with van der Waals surface area (Å²) in [6.07, 6.45) is 3.84. The summed E-state index contributed by atoms with van der Waals surface area (Å²) in [4.78, 5) is 22.3.